The van der Waals surface area contributed by atoms with Crippen LogP contribution in [0, 0.1) is 11.8 Å². The Morgan fingerprint density at radius 3 is 2.07 bits per heavy atom. The van der Waals surface area contributed by atoms with E-state index in [1.165, 1.54) is 23.8 Å². The van der Waals surface area contributed by atoms with Crippen LogP contribution in [0.2, 0.25) is 0 Å². The summed E-state index contributed by atoms with van der Waals surface area (Å²) in [7, 11) is 1.50. The molecular weight excluding hydrogens is 919 g/mol. The molecule has 0 aromatic heterocycles. The van der Waals surface area contributed by atoms with Crippen LogP contribution >= 0.6 is 11.8 Å². The van der Waals surface area contributed by atoms with Crippen LogP contribution in [-0.2, 0) is 59.2 Å². The predicted octanol–water partition coefficient (Wildman–Crippen LogP) is -2.50. The second-order valence-electron chi connectivity index (χ2n) is 17.6. The number of rotatable bonds is 18. The number of carbonyl (C=O) groups is 11. The number of hydrogen-bond acceptors (Lipinski definition) is 13. The molecule has 2 fully saturated rings. The van der Waals surface area contributed by atoms with Gasteiger partial charge in [-0.3, -0.25) is 52.7 Å². The molecule has 3 unspecified atom stereocenters. The Kier molecular flexibility index (Phi) is 23.2. The maximum absolute atomic E-state index is 14.5. The Morgan fingerprint density at radius 2 is 1.46 bits per heavy atom. The van der Waals surface area contributed by atoms with Crippen LogP contribution in [-0.4, -0.2) is 144 Å². The van der Waals surface area contributed by atoms with Gasteiger partial charge in [0.25, 0.3) is 0 Å². The van der Waals surface area contributed by atoms with Gasteiger partial charge in [-0.15, -0.1) is 0 Å². The molecule has 1 aromatic rings. The zero-order valence-corrected chi connectivity index (χ0v) is 40.7. The topological polar surface area (TPSA) is 363 Å². The van der Waals surface area contributed by atoms with Crippen molar-refractivity contribution in [3.63, 3.8) is 0 Å². The van der Waals surface area contributed by atoms with Crippen molar-refractivity contribution in [1.29, 1.82) is 0 Å². The monoisotopic (exact) mass is 987 g/mol. The highest BCUT2D eigenvalue weighted by Crippen LogP contribution is 2.22. The molecule has 0 saturated carbocycles. The molecule has 0 aliphatic carbocycles. The summed E-state index contributed by atoms with van der Waals surface area (Å²) in [5.41, 5.74) is 16.8. The van der Waals surface area contributed by atoms with Gasteiger partial charge in [-0.1, -0.05) is 46.2 Å². The van der Waals surface area contributed by atoms with E-state index in [2.05, 4.69) is 37.2 Å². The van der Waals surface area contributed by atoms with Crippen molar-refractivity contribution in [2.75, 3.05) is 31.7 Å². The molecule has 2 aliphatic heterocycles. The van der Waals surface area contributed by atoms with Crippen molar-refractivity contribution < 1.29 is 57.5 Å². The second kappa shape index (κ2) is 28.1. The lowest BCUT2D eigenvalue weighted by molar-refractivity contribution is -0.142. The summed E-state index contributed by atoms with van der Waals surface area (Å²) < 4.78 is 5.25. The highest BCUT2D eigenvalue weighted by molar-refractivity contribution is 7.99. The number of likely N-dealkylation sites (tertiary alicyclic amines) is 1. The number of ether oxygens (including phenoxy) is 1. The van der Waals surface area contributed by atoms with E-state index in [0.29, 0.717) is 24.2 Å². The lowest BCUT2D eigenvalue weighted by Crippen LogP contribution is -2.61. The molecule has 382 valence electrons. The maximum atomic E-state index is 14.5. The minimum atomic E-state index is -1.71. The van der Waals surface area contributed by atoms with Gasteiger partial charge in [0.15, 0.2) is 0 Å². The third kappa shape index (κ3) is 18.9. The molecule has 11 amide bonds. The van der Waals surface area contributed by atoms with Crippen LogP contribution in [0.3, 0.4) is 0 Å². The molecule has 8 atom stereocenters. The number of carbonyl (C=O) groups excluding carboxylic acids is 11. The van der Waals surface area contributed by atoms with Crippen LogP contribution in [0.1, 0.15) is 91.0 Å². The third-order valence-corrected chi connectivity index (χ3v) is 12.7. The summed E-state index contributed by atoms with van der Waals surface area (Å²) in [6.45, 7) is 6.75. The van der Waals surface area contributed by atoms with Crippen LogP contribution in [0.15, 0.2) is 24.3 Å². The number of nitrogens with two attached hydrogens (primary N) is 3. The highest BCUT2D eigenvalue weighted by Gasteiger charge is 2.40. The molecule has 0 spiro atoms. The molecule has 69 heavy (non-hydrogen) atoms. The molecule has 2 heterocycles. The van der Waals surface area contributed by atoms with Gasteiger partial charge in [-0.05, 0) is 67.4 Å². The summed E-state index contributed by atoms with van der Waals surface area (Å²) in [5, 5.41) is 18.2. The number of nitrogens with one attached hydrogen (secondary N) is 7. The van der Waals surface area contributed by atoms with Gasteiger partial charge >= 0.3 is 0 Å². The van der Waals surface area contributed by atoms with E-state index in [1.54, 1.807) is 38.1 Å². The number of hydrogen-bond donors (Lipinski definition) is 10. The fourth-order valence-electron chi connectivity index (χ4n) is 7.68. The van der Waals surface area contributed by atoms with E-state index in [0.717, 1.165) is 0 Å². The van der Waals surface area contributed by atoms with Gasteiger partial charge in [0.2, 0.25) is 65.0 Å². The quantitative estimate of drug-likeness (QED) is 0.0728. The van der Waals surface area contributed by atoms with E-state index in [4.69, 9.17) is 21.9 Å². The van der Waals surface area contributed by atoms with Crippen molar-refractivity contribution in [2.24, 2.45) is 29.0 Å². The van der Waals surface area contributed by atoms with Crippen LogP contribution in [0.5, 0.6) is 5.75 Å². The van der Waals surface area contributed by atoms with Crippen LogP contribution in [0.4, 0.5) is 0 Å². The van der Waals surface area contributed by atoms with Crippen molar-refractivity contribution in [3.8, 4) is 5.75 Å². The van der Waals surface area contributed by atoms with Crippen LogP contribution in [0.25, 0.3) is 0 Å². The van der Waals surface area contributed by atoms with Gasteiger partial charge < -0.3 is 64.1 Å². The Hall–Kier alpha value is -6.46. The molecule has 2 aliphatic rings. The molecule has 1 aromatic carbocycles. The van der Waals surface area contributed by atoms with Crippen molar-refractivity contribution >= 4 is 76.7 Å². The Bertz CT molecular complexity index is 2020. The average molecular weight is 988 g/mol. The number of methoxy groups -OCH3 is 1. The lowest BCUT2D eigenvalue weighted by Gasteiger charge is -2.31. The number of benzene rings is 1. The largest absolute Gasteiger partial charge is 0.497 e. The lowest BCUT2D eigenvalue weighted by atomic mass is 9.96. The Labute approximate surface area is 405 Å². The Balaban J connectivity index is 2.02. The fourth-order valence-corrected chi connectivity index (χ4v) is 8.66. The van der Waals surface area contributed by atoms with Crippen LogP contribution < -0.4 is 59.2 Å². The highest BCUT2D eigenvalue weighted by atomic mass is 32.2. The first-order chi connectivity index (χ1) is 32.6. The standard InChI is InChI=1S/C45H69N11O12S/c1-6-25(4)38-44(66)51-28(15-16-34(46)57)40(62)52-31(21-35(47)58)41(63)54-32(23-69-18-8-10-37(60)50-30(42(64)55-38)20-26-11-13-27(68-5)14-12-26)45(67)56-17-7-9-33(56)43(65)53-29(19-24(2)3)39(61)49-22-36(48)59/h11-14,24-25,28-33,38H,6-10,15-23H2,1-5H3,(H2,46,57)(H2,47,58)(H2,48,59)(H,49,61)(H,50,60)(H,51,66)(H,52,62)(H,53,65)(H,54,63)(H,55,64)/t25-,28-,29-,30?,31?,32?,33-,38-/m0/s1. The Morgan fingerprint density at radius 1 is 0.812 bits per heavy atom. The predicted molar refractivity (Wildman–Crippen MR) is 253 cm³/mol. The van der Waals surface area contributed by atoms with Crippen molar-refractivity contribution in [1.82, 2.24) is 42.1 Å². The molecule has 0 bridgehead atoms. The van der Waals surface area contributed by atoms with Gasteiger partial charge in [0, 0.05) is 31.6 Å². The normalized spacial score (nSPS) is 23.2. The van der Waals surface area contributed by atoms with Crippen molar-refractivity contribution in [3.05, 3.63) is 29.8 Å². The fraction of sp³-hybridized carbons (Fsp3) is 0.622. The summed E-state index contributed by atoms with van der Waals surface area (Å²) >= 11 is 1.18. The van der Waals surface area contributed by atoms with E-state index < -0.39 is 133 Å². The maximum Gasteiger partial charge on any atom is 0.246 e. The summed E-state index contributed by atoms with van der Waals surface area (Å²) in [5.74, 6) is -8.59. The SMILES string of the molecule is CC[C@H](C)[C@@H]1NC(=O)C(Cc2ccc(OC)cc2)NC(=O)CCCSCC(C(=O)N2CCC[C@H]2C(=O)N[C@@H](CC(C)C)C(=O)NCC(N)=O)NC(=O)C(CC(N)=O)NC(=O)[C@H](CCC(N)=O)NC1=O. The molecule has 23 nitrogen and oxygen atoms in total. The van der Waals surface area contributed by atoms with Crippen molar-refractivity contribution in [2.45, 2.75) is 134 Å². The number of primary amides is 3. The van der Waals surface area contributed by atoms with Gasteiger partial charge in [-0.2, -0.15) is 11.8 Å². The van der Waals surface area contributed by atoms with E-state index in [-0.39, 0.29) is 62.5 Å². The van der Waals surface area contributed by atoms with Gasteiger partial charge in [-0.25, -0.2) is 0 Å². The summed E-state index contributed by atoms with van der Waals surface area (Å²) in [4.78, 5) is 148. The van der Waals surface area contributed by atoms with Gasteiger partial charge in [0.1, 0.15) is 48.0 Å². The summed E-state index contributed by atoms with van der Waals surface area (Å²) in [6.07, 6.45) is -0.176. The smallest absolute Gasteiger partial charge is 0.246 e. The third-order valence-electron chi connectivity index (χ3n) is 11.6. The number of nitrogens with zero attached hydrogens (tertiary/aromatic N) is 1. The first-order valence-electron chi connectivity index (χ1n) is 23.1. The summed E-state index contributed by atoms with van der Waals surface area (Å²) in [6, 6.07) is -2.40. The minimum absolute atomic E-state index is 0.0237. The zero-order chi connectivity index (χ0) is 51.4. The number of thioether (sulfide) groups is 1. The van der Waals surface area contributed by atoms with E-state index in [1.807, 2.05) is 13.8 Å². The van der Waals surface area contributed by atoms with E-state index in [9.17, 15) is 52.7 Å². The van der Waals surface area contributed by atoms with E-state index >= 15 is 0 Å². The molecule has 13 N–H and O–H groups in total. The molecular formula is C45H69N11O12S. The minimum Gasteiger partial charge on any atom is -0.497 e. The molecule has 3 rings (SSSR count). The van der Waals surface area contributed by atoms with Gasteiger partial charge in [0.05, 0.1) is 20.1 Å². The zero-order valence-electron chi connectivity index (χ0n) is 39.9. The first-order valence-corrected chi connectivity index (χ1v) is 24.2. The number of amides is 11. The molecule has 0 radical (unpaired) electrons. The second-order valence-corrected chi connectivity index (χ2v) is 18.8. The first kappa shape index (κ1) is 56.9. The average Bonchev–Trinajstić information content (AvgIpc) is 3.79. The molecule has 24 heteroatoms. The molecule has 2 saturated heterocycles.